The maximum Gasteiger partial charge on any atom is 0.326 e. The number of rotatable bonds is 7. The summed E-state index contributed by atoms with van der Waals surface area (Å²) < 4.78 is 0. The average molecular weight is 315 g/mol. The van der Waals surface area contributed by atoms with E-state index in [-0.39, 0.29) is 11.5 Å². The Morgan fingerprint density at radius 3 is 2.43 bits per heavy atom. The van der Waals surface area contributed by atoms with Crippen molar-refractivity contribution in [3.05, 3.63) is 42.1 Å². The number of amides is 1. The zero-order chi connectivity index (χ0) is 17.4. The lowest BCUT2D eigenvalue weighted by Crippen LogP contribution is -2.42. The van der Waals surface area contributed by atoms with Crippen LogP contribution < -0.4 is 10.2 Å². The van der Waals surface area contributed by atoms with Crippen LogP contribution in [0.1, 0.15) is 20.3 Å². The van der Waals surface area contributed by atoms with E-state index in [2.05, 4.69) is 5.32 Å². The maximum atomic E-state index is 12.1. The summed E-state index contributed by atoms with van der Waals surface area (Å²) in [4.78, 5) is 25.0. The normalized spacial score (nSPS) is 12.4. The molecule has 0 saturated carbocycles. The Morgan fingerprint density at radius 2 is 1.96 bits per heavy atom. The van der Waals surface area contributed by atoms with E-state index in [1.54, 1.807) is 11.9 Å². The molecule has 23 heavy (non-hydrogen) atoms. The maximum absolute atomic E-state index is 12.1. The number of nitrogens with zero attached hydrogens (tertiary/aromatic N) is 2. The van der Waals surface area contributed by atoms with Crippen molar-refractivity contribution in [1.82, 2.24) is 5.32 Å². The topological polar surface area (TPSA) is 93.4 Å². The summed E-state index contributed by atoms with van der Waals surface area (Å²) in [5.41, 5.74) is 0.663. The Balaban J connectivity index is 2.88. The number of hydrogen-bond acceptors (Lipinski definition) is 4. The summed E-state index contributed by atoms with van der Waals surface area (Å²) in [5, 5.41) is 20.7. The zero-order valence-electron chi connectivity index (χ0n) is 13.5. The van der Waals surface area contributed by atoms with E-state index in [1.165, 1.54) is 6.20 Å². The number of benzene rings is 1. The van der Waals surface area contributed by atoms with Gasteiger partial charge in [-0.25, -0.2) is 4.79 Å². The third kappa shape index (κ3) is 5.83. The first kappa shape index (κ1) is 18.2. The lowest BCUT2D eigenvalue weighted by atomic mass is 10.0. The van der Waals surface area contributed by atoms with Crippen molar-refractivity contribution < 1.29 is 14.7 Å². The number of nitriles is 1. The fraction of sp³-hybridized carbons (Fsp3) is 0.353. The quantitative estimate of drug-likeness (QED) is 0.594. The van der Waals surface area contributed by atoms with Gasteiger partial charge in [0.1, 0.15) is 17.7 Å². The second-order valence-electron chi connectivity index (χ2n) is 5.59. The van der Waals surface area contributed by atoms with Gasteiger partial charge in [-0.1, -0.05) is 32.0 Å². The first-order valence-electron chi connectivity index (χ1n) is 7.28. The molecule has 1 aromatic rings. The minimum Gasteiger partial charge on any atom is -0.480 e. The molecule has 0 saturated heterocycles. The molecule has 6 nitrogen and oxygen atoms in total. The summed E-state index contributed by atoms with van der Waals surface area (Å²) in [5.74, 6) is -1.69. The molecule has 0 spiro atoms. The molecule has 1 unspecified atom stereocenters. The number of carbonyl (C=O) groups excluding carboxylic acids is 1. The van der Waals surface area contributed by atoms with Crippen LogP contribution in [0.25, 0.3) is 0 Å². The minimum absolute atomic E-state index is 0.109. The van der Waals surface area contributed by atoms with Gasteiger partial charge in [-0.2, -0.15) is 5.26 Å². The summed E-state index contributed by atoms with van der Waals surface area (Å²) >= 11 is 0. The van der Waals surface area contributed by atoms with Crippen molar-refractivity contribution in [3.8, 4) is 6.07 Å². The Morgan fingerprint density at radius 1 is 1.35 bits per heavy atom. The molecular weight excluding hydrogens is 294 g/mol. The number of carboxylic acid groups (broad SMARTS) is 1. The smallest absolute Gasteiger partial charge is 0.326 e. The van der Waals surface area contributed by atoms with Gasteiger partial charge >= 0.3 is 5.97 Å². The molecule has 0 aliphatic heterocycles. The van der Waals surface area contributed by atoms with Crippen molar-refractivity contribution in [3.63, 3.8) is 0 Å². The van der Waals surface area contributed by atoms with Crippen LogP contribution in [0.2, 0.25) is 0 Å². The van der Waals surface area contributed by atoms with Gasteiger partial charge in [-0.05, 0) is 24.5 Å². The predicted molar refractivity (Wildman–Crippen MR) is 87.6 cm³/mol. The Hall–Kier alpha value is -2.81. The Kier molecular flexibility index (Phi) is 6.81. The molecule has 1 aromatic carbocycles. The zero-order valence-corrected chi connectivity index (χ0v) is 13.5. The van der Waals surface area contributed by atoms with Crippen molar-refractivity contribution in [1.29, 1.82) is 5.26 Å². The largest absolute Gasteiger partial charge is 0.480 e. The number of carboxylic acids is 1. The highest BCUT2D eigenvalue weighted by Gasteiger charge is 2.23. The van der Waals surface area contributed by atoms with Gasteiger partial charge in [0.15, 0.2) is 0 Å². The number of hydrogen-bond donors (Lipinski definition) is 2. The molecule has 1 amide bonds. The van der Waals surface area contributed by atoms with Gasteiger partial charge in [0, 0.05) is 18.9 Å². The van der Waals surface area contributed by atoms with Crippen LogP contribution in [0.3, 0.4) is 0 Å². The van der Waals surface area contributed by atoms with Crippen LogP contribution in [0.15, 0.2) is 42.1 Å². The summed E-state index contributed by atoms with van der Waals surface area (Å²) in [6, 6.07) is 10.0. The van der Waals surface area contributed by atoms with E-state index < -0.39 is 17.9 Å². The highest BCUT2D eigenvalue weighted by molar-refractivity contribution is 5.99. The van der Waals surface area contributed by atoms with Gasteiger partial charge in [0.25, 0.3) is 5.91 Å². The molecular formula is C17H21N3O3. The highest BCUT2D eigenvalue weighted by Crippen LogP contribution is 2.13. The van der Waals surface area contributed by atoms with Gasteiger partial charge < -0.3 is 15.3 Å². The third-order valence-corrected chi connectivity index (χ3v) is 3.16. The average Bonchev–Trinajstić information content (AvgIpc) is 2.51. The summed E-state index contributed by atoms with van der Waals surface area (Å²) in [6.07, 6.45) is 1.69. The van der Waals surface area contributed by atoms with E-state index in [9.17, 15) is 14.9 Å². The van der Waals surface area contributed by atoms with E-state index >= 15 is 0 Å². The van der Waals surface area contributed by atoms with Gasteiger partial charge in [0.2, 0.25) is 0 Å². The minimum atomic E-state index is -1.11. The molecule has 122 valence electrons. The van der Waals surface area contributed by atoms with Gasteiger partial charge in [0.05, 0.1) is 0 Å². The van der Waals surface area contributed by atoms with E-state index in [4.69, 9.17) is 5.11 Å². The standard InChI is InChI=1S/C17H21N3O3/c1-12(2)9-15(17(22)23)19-16(21)13(10-18)11-20(3)14-7-5-4-6-8-14/h4-8,11-12,15H,9H2,1-3H3,(H,19,21)(H,22,23)/b13-11-. The molecule has 6 heteroatoms. The van der Waals surface area contributed by atoms with Crippen LogP contribution in [0, 0.1) is 17.2 Å². The molecule has 0 aromatic heterocycles. The monoisotopic (exact) mass is 315 g/mol. The molecule has 0 bridgehead atoms. The third-order valence-electron chi connectivity index (χ3n) is 3.16. The number of para-hydroxylation sites is 1. The molecule has 0 aliphatic carbocycles. The predicted octanol–water partition coefficient (Wildman–Crippen LogP) is 2.15. The lowest BCUT2D eigenvalue weighted by Gasteiger charge is -2.18. The molecule has 0 aliphatic rings. The van der Waals surface area contributed by atoms with Crippen molar-refractivity contribution in [2.45, 2.75) is 26.3 Å². The number of nitrogens with one attached hydrogen (secondary N) is 1. The molecule has 0 heterocycles. The van der Waals surface area contributed by atoms with Gasteiger partial charge in [-0.3, -0.25) is 4.79 Å². The van der Waals surface area contributed by atoms with Crippen molar-refractivity contribution in [2.75, 3.05) is 11.9 Å². The summed E-state index contributed by atoms with van der Waals surface area (Å²) in [6.45, 7) is 3.73. The van der Waals surface area contributed by atoms with Crippen LogP contribution in [-0.2, 0) is 9.59 Å². The van der Waals surface area contributed by atoms with Crippen LogP contribution in [0.4, 0.5) is 5.69 Å². The van der Waals surface area contributed by atoms with Crippen LogP contribution in [0.5, 0.6) is 0 Å². The Bertz CT molecular complexity index is 618. The lowest BCUT2D eigenvalue weighted by molar-refractivity contribution is -0.141. The van der Waals surface area contributed by atoms with E-state index in [1.807, 2.05) is 50.2 Å². The van der Waals surface area contributed by atoms with E-state index in [0.717, 1.165) is 5.69 Å². The van der Waals surface area contributed by atoms with Crippen molar-refractivity contribution in [2.24, 2.45) is 5.92 Å². The second kappa shape index (κ2) is 8.59. The fourth-order valence-corrected chi connectivity index (χ4v) is 2.00. The van der Waals surface area contributed by atoms with Crippen LogP contribution in [-0.4, -0.2) is 30.1 Å². The first-order chi connectivity index (χ1) is 10.8. The van der Waals surface area contributed by atoms with Crippen LogP contribution >= 0.6 is 0 Å². The molecule has 0 radical (unpaired) electrons. The highest BCUT2D eigenvalue weighted by atomic mass is 16.4. The summed E-state index contributed by atoms with van der Waals surface area (Å²) in [7, 11) is 1.71. The second-order valence-corrected chi connectivity index (χ2v) is 5.59. The number of carbonyl (C=O) groups is 2. The molecule has 1 rings (SSSR count). The Labute approximate surface area is 136 Å². The molecule has 1 atom stereocenters. The molecule has 2 N–H and O–H groups in total. The molecule has 0 fully saturated rings. The van der Waals surface area contributed by atoms with Gasteiger partial charge in [-0.15, -0.1) is 0 Å². The van der Waals surface area contributed by atoms with E-state index in [0.29, 0.717) is 6.42 Å². The van der Waals surface area contributed by atoms with Crippen molar-refractivity contribution >= 4 is 17.6 Å². The number of aliphatic carboxylic acids is 1. The first-order valence-corrected chi connectivity index (χ1v) is 7.28. The number of anilines is 1. The fourth-order valence-electron chi connectivity index (χ4n) is 2.00. The SMILES string of the molecule is CC(C)CC(NC(=O)/C(C#N)=C\N(C)c1ccccc1)C(=O)O.